The van der Waals surface area contributed by atoms with Gasteiger partial charge in [-0.15, -0.1) is 11.8 Å². The molecule has 0 unspecified atom stereocenters. The van der Waals surface area contributed by atoms with Gasteiger partial charge in [0, 0.05) is 17.0 Å². The van der Waals surface area contributed by atoms with Gasteiger partial charge in [-0.2, -0.15) is 4.98 Å². The molecular formula is C14H19N3OS. The molecular weight excluding hydrogens is 258 g/mol. The number of aromatic nitrogens is 2. The fraction of sp³-hybridized carbons (Fsp3) is 0.429. The van der Waals surface area contributed by atoms with Gasteiger partial charge in [0.25, 0.3) is 0 Å². The van der Waals surface area contributed by atoms with Crippen molar-refractivity contribution in [1.29, 1.82) is 0 Å². The Morgan fingerprint density at radius 2 is 2.16 bits per heavy atom. The Hall–Kier alpha value is -1.49. The molecule has 0 aliphatic heterocycles. The molecule has 0 saturated carbocycles. The maximum Gasteiger partial charge on any atom is 0.237 e. The smallest absolute Gasteiger partial charge is 0.237 e. The highest BCUT2D eigenvalue weighted by atomic mass is 32.2. The number of nitrogens with zero attached hydrogens (tertiary/aromatic N) is 2. The lowest BCUT2D eigenvalue weighted by molar-refractivity contribution is 0.382. The van der Waals surface area contributed by atoms with Crippen LogP contribution in [0, 0.1) is 12.8 Å². The SMILES string of the molecule is Cc1ccc(N)cc1SCc1nc(CC(C)C)no1. The summed E-state index contributed by atoms with van der Waals surface area (Å²) in [5.74, 6) is 2.67. The van der Waals surface area contributed by atoms with Crippen molar-refractivity contribution in [3.8, 4) is 0 Å². The first-order valence-corrected chi connectivity index (χ1v) is 7.33. The number of aryl methyl sites for hydroxylation is 1. The summed E-state index contributed by atoms with van der Waals surface area (Å²) in [6.07, 6.45) is 0.853. The third-order valence-corrected chi connectivity index (χ3v) is 3.81. The molecule has 0 fully saturated rings. The van der Waals surface area contributed by atoms with E-state index in [2.05, 4.69) is 30.9 Å². The Morgan fingerprint density at radius 1 is 1.37 bits per heavy atom. The topological polar surface area (TPSA) is 64.9 Å². The fourth-order valence-corrected chi connectivity index (χ4v) is 2.62. The van der Waals surface area contributed by atoms with Crippen molar-refractivity contribution in [2.75, 3.05) is 5.73 Å². The molecule has 0 aliphatic carbocycles. The molecule has 0 aliphatic rings. The highest BCUT2D eigenvalue weighted by Crippen LogP contribution is 2.27. The molecule has 1 aromatic heterocycles. The predicted molar refractivity (Wildman–Crippen MR) is 78.0 cm³/mol. The van der Waals surface area contributed by atoms with Crippen LogP contribution >= 0.6 is 11.8 Å². The van der Waals surface area contributed by atoms with Crippen LogP contribution in [0.1, 0.15) is 31.1 Å². The van der Waals surface area contributed by atoms with Crippen molar-refractivity contribution in [2.24, 2.45) is 5.92 Å². The molecule has 4 nitrogen and oxygen atoms in total. The number of hydrogen-bond donors (Lipinski definition) is 1. The zero-order valence-electron chi connectivity index (χ0n) is 11.5. The molecule has 0 atom stereocenters. The molecule has 2 N–H and O–H groups in total. The Morgan fingerprint density at radius 3 is 2.89 bits per heavy atom. The second kappa shape index (κ2) is 6.10. The van der Waals surface area contributed by atoms with Crippen LogP contribution in [0.15, 0.2) is 27.6 Å². The maximum atomic E-state index is 5.79. The summed E-state index contributed by atoms with van der Waals surface area (Å²) in [6.45, 7) is 6.35. The van der Waals surface area contributed by atoms with Crippen LogP contribution in [0.4, 0.5) is 5.69 Å². The van der Waals surface area contributed by atoms with Gasteiger partial charge in [-0.1, -0.05) is 25.1 Å². The minimum Gasteiger partial charge on any atom is -0.399 e. The van der Waals surface area contributed by atoms with Gasteiger partial charge in [0.15, 0.2) is 5.82 Å². The minimum atomic E-state index is 0.536. The zero-order valence-corrected chi connectivity index (χ0v) is 12.3. The largest absolute Gasteiger partial charge is 0.399 e. The number of anilines is 1. The van der Waals surface area contributed by atoms with Crippen molar-refractivity contribution in [3.63, 3.8) is 0 Å². The average molecular weight is 277 g/mol. The maximum absolute atomic E-state index is 5.79. The molecule has 1 heterocycles. The monoisotopic (exact) mass is 277 g/mol. The number of rotatable bonds is 5. The second-order valence-electron chi connectivity index (χ2n) is 5.02. The predicted octanol–water partition coefficient (Wildman–Crippen LogP) is 3.45. The fourth-order valence-electron chi connectivity index (χ4n) is 1.71. The van der Waals surface area contributed by atoms with E-state index in [-0.39, 0.29) is 0 Å². The first kappa shape index (κ1) is 13.9. The van der Waals surface area contributed by atoms with E-state index >= 15 is 0 Å². The normalized spacial score (nSPS) is 11.2. The second-order valence-corrected chi connectivity index (χ2v) is 6.03. The molecule has 102 valence electrons. The minimum absolute atomic E-state index is 0.536. The van der Waals surface area contributed by atoms with Gasteiger partial charge in [-0.25, -0.2) is 0 Å². The first-order valence-electron chi connectivity index (χ1n) is 6.35. The summed E-state index contributed by atoms with van der Waals surface area (Å²) in [5, 5.41) is 3.98. The van der Waals surface area contributed by atoms with E-state index in [1.807, 2.05) is 18.2 Å². The Kier molecular flexibility index (Phi) is 4.47. The molecule has 0 saturated heterocycles. The van der Waals surface area contributed by atoms with Gasteiger partial charge >= 0.3 is 0 Å². The van der Waals surface area contributed by atoms with Gasteiger partial charge in [0.2, 0.25) is 5.89 Å². The quantitative estimate of drug-likeness (QED) is 0.670. The van der Waals surface area contributed by atoms with E-state index in [0.29, 0.717) is 17.6 Å². The Labute approximate surface area is 117 Å². The van der Waals surface area contributed by atoms with Gasteiger partial charge in [-0.05, 0) is 30.5 Å². The third-order valence-electron chi connectivity index (χ3n) is 2.66. The zero-order chi connectivity index (χ0) is 13.8. The summed E-state index contributed by atoms with van der Waals surface area (Å²) in [5.41, 5.74) is 7.78. The van der Waals surface area contributed by atoms with E-state index in [1.165, 1.54) is 5.56 Å². The number of hydrogen-bond acceptors (Lipinski definition) is 5. The van der Waals surface area contributed by atoms with Crippen LogP contribution in [-0.4, -0.2) is 10.1 Å². The van der Waals surface area contributed by atoms with Crippen molar-refractivity contribution < 1.29 is 4.52 Å². The van der Waals surface area contributed by atoms with Crippen molar-refractivity contribution in [2.45, 2.75) is 37.8 Å². The number of nitrogen functional groups attached to an aromatic ring is 1. The van der Waals surface area contributed by atoms with Crippen LogP contribution in [0.2, 0.25) is 0 Å². The summed E-state index contributed by atoms with van der Waals surface area (Å²) < 4.78 is 5.24. The molecule has 19 heavy (non-hydrogen) atoms. The standard InChI is InChI=1S/C14H19N3OS/c1-9(2)6-13-16-14(18-17-13)8-19-12-7-11(15)5-4-10(12)3/h4-5,7,9H,6,8,15H2,1-3H3. The number of nitrogens with two attached hydrogens (primary N) is 1. The summed E-state index contributed by atoms with van der Waals surface area (Å²) in [4.78, 5) is 5.54. The molecule has 0 spiro atoms. The third kappa shape index (κ3) is 3.99. The first-order chi connectivity index (χ1) is 9.04. The lowest BCUT2D eigenvalue weighted by Gasteiger charge is -2.04. The van der Waals surface area contributed by atoms with E-state index < -0.39 is 0 Å². The Balaban J connectivity index is 1.98. The summed E-state index contributed by atoms with van der Waals surface area (Å²) >= 11 is 1.67. The van der Waals surface area contributed by atoms with E-state index in [4.69, 9.17) is 10.3 Å². The van der Waals surface area contributed by atoms with Crippen LogP contribution in [0.3, 0.4) is 0 Å². The lowest BCUT2D eigenvalue weighted by Crippen LogP contribution is -1.96. The van der Waals surface area contributed by atoms with Crippen LogP contribution in [0.25, 0.3) is 0 Å². The average Bonchev–Trinajstić information content (AvgIpc) is 2.77. The lowest BCUT2D eigenvalue weighted by atomic mass is 10.1. The van der Waals surface area contributed by atoms with Gasteiger partial charge < -0.3 is 10.3 Å². The van der Waals surface area contributed by atoms with Crippen LogP contribution in [-0.2, 0) is 12.2 Å². The van der Waals surface area contributed by atoms with Gasteiger partial charge in [0.1, 0.15) is 0 Å². The highest BCUT2D eigenvalue weighted by Gasteiger charge is 2.09. The molecule has 0 radical (unpaired) electrons. The number of thioether (sulfide) groups is 1. The number of benzene rings is 1. The van der Waals surface area contributed by atoms with Crippen LogP contribution in [0.5, 0.6) is 0 Å². The van der Waals surface area contributed by atoms with Crippen molar-refractivity contribution in [3.05, 3.63) is 35.5 Å². The summed E-state index contributed by atoms with van der Waals surface area (Å²) in [6, 6.07) is 5.91. The molecule has 2 rings (SSSR count). The van der Waals surface area contributed by atoms with Crippen molar-refractivity contribution >= 4 is 17.4 Å². The molecule has 2 aromatic rings. The van der Waals surface area contributed by atoms with E-state index in [0.717, 1.165) is 22.8 Å². The van der Waals surface area contributed by atoms with Crippen molar-refractivity contribution in [1.82, 2.24) is 10.1 Å². The molecule has 1 aromatic carbocycles. The highest BCUT2D eigenvalue weighted by molar-refractivity contribution is 7.98. The van der Waals surface area contributed by atoms with Gasteiger partial charge in [0.05, 0.1) is 5.75 Å². The van der Waals surface area contributed by atoms with Crippen LogP contribution < -0.4 is 5.73 Å². The van der Waals surface area contributed by atoms with E-state index in [1.54, 1.807) is 11.8 Å². The van der Waals surface area contributed by atoms with Gasteiger partial charge in [-0.3, -0.25) is 0 Å². The molecule has 0 amide bonds. The summed E-state index contributed by atoms with van der Waals surface area (Å²) in [7, 11) is 0. The Bertz CT molecular complexity index is 551. The van der Waals surface area contributed by atoms with E-state index in [9.17, 15) is 0 Å². The molecule has 0 bridgehead atoms. The molecule has 5 heteroatoms.